The van der Waals surface area contributed by atoms with E-state index in [-0.39, 0.29) is 21.7 Å². The first-order valence-corrected chi connectivity index (χ1v) is 25.3. The van der Waals surface area contributed by atoms with Gasteiger partial charge in [0.05, 0.1) is 0 Å². The summed E-state index contributed by atoms with van der Waals surface area (Å²) in [5.74, 6) is 1.08. The van der Waals surface area contributed by atoms with Gasteiger partial charge in [-0.3, -0.25) is 0 Å². The van der Waals surface area contributed by atoms with Crippen LogP contribution >= 0.6 is 0 Å². The van der Waals surface area contributed by atoms with Gasteiger partial charge in [0, 0.05) is 0 Å². The molecule has 0 saturated heterocycles. The number of benzene rings is 8. The number of hydrogen-bond donors (Lipinski definition) is 0. The summed E-state index contributed by atoms with van der Waals surface area (Å²) in [7, 11) is 0. The monoisotopic (exact) mass is 883 g/mol. The van der Waals surface area contributed by atoms with Gasteiger partial charge in [0.2, 0.25) is 0 Å². The van der Waals surface area contributed by atoms with Crippen molar-refractivity contribution in [2.45, 2.75) is 164 Å². The maximum atomic E-state index is 2.60. The number of fused-ring (bicyclic) bond motifs is 3. The minimum Gasteiger partial charge on any atom is -0.0587 e. The lowest BCUT2D eigenvalue weighted by molar-refractivity contribution is 0.590. The molecular weight excluding hydrogens is 805 g/mol. The molecule has 0 aliphatic carbocycles. The Morgan fingerprint density at radius 2 is 0.522 bits per heavy atom. The van der Waals surface area contributed by atoms with Crippen LogP contribution in [0.4, 0.5) is 0 Å². The van der Waals surface area contributed by atoms with Gasteiger partial charge in [-0.1, -0.05) is 240 Å². The predicted molar refractivity (Wildman–Crippen MR) is 298 cm³/mol. The molecule has 0 aromatic heterocycles. The number of hydrogen-bond acceptors (Lipinski definition) is 0. The van der Waals surface area contributed by atoms with E-state index in [0.717, 1.165) is 0 Å². The second kappa shape index (κ2) is 17.3. The molecule has 0 bridgehead atoms. The van der Waals surface area contributed by atoms with Crippen LogP contribution in [0.15, 0.2) is 127 Å². The SMILES string of the molecule is CC(C)c1ccc2c(-c3ccc(C(C)(C)C)cc3)c3c(-c4ccc(C(C)(C)C)cc4)c4cc(C(C)C)c(C(C)C)cc4c(-c4ccc(C(C)(C)C)cc4)c3c(-c3ccc(C(C)(C)C)cc3)c2c1. The van der Waals surface area contributed by atoms with Crippen LogP contribution in [0.5, 0.6) is 0 Å². The number of rotatable bonds is 7. The van der Waals surface area contributed by atoms with Crippen molar-refractivity contribution < 1.29 is 0 Å². The predicted octanol–water partition coefficient (Wildman–Crippen LogP) is 20.4. The van der Waals surface area contributed by atoms with Gasteiger partial charge in [0.25, 0.3) is 0 Å². The lowest BCUT2D eigenvalue weighted by atomic mass is 9.75. The zero-order valence-electron chi connectivity index (χ0n) is 44.4. The summed E-state index contributed by atoms with van der Waals surface area (Å²) in [6.45, 7) is 42.0. The van der Waals surface area contributed by atoms with Crippen molar-refractivity contribution in [1.82, 2.24) is 0 Å². The molecule has 0 aliphatic rings. The van der Waals surface area contributed by atoms with Gasteiger partial charge in [-0.25, -0.2) is 0 Å². The van der Waals surface area contributed by atoms with E-state index < -0.39 is 0 Å². The Morgan fingerprint density at radius 1 is 0.269 bits per heavy atom. The second-order valence-electron chi connectivity index (χ2n) is 24.9. The van der Waals surface area contributed by atoms with Gasteiger partial charge < -0.3 is 0 Å². The molecule has 0 aliphatic heterocycles. The average Bonchev–Trinajstić information content (AvgIpc) is 3.25. The highest BCUT2D eigenvalue weighted by Crippen LogP contribution is 2.55. The van der Waals surface area contributed by atoms with E-state index >= 15 is 0 Å². The van der Waals surface area contributed by atoms with Crippen LogP contribution < -0.4 is 0 Å². The fourth-order valence-electron chi connectivity index (χ4n) is 10.4. The quantitative estimate of drug-likeness (QED) is 0.140. The molecule has 8 aromatic carbocycles. The van der Waals surface area contributed by atoms with Gasteiger partial charge in [0.15, 0.2) is 0 Å². The van der Waals surface area contributed by atoms with Crippen LogP contribution in [0.25, 0.3) is 76.8 Å². The van der Waals surface area contributed by atoms with Gasteiger partial charge in [-0.15, -0.1) is 0 Å². The first kappa shape index (κ1) is 48.0. The van der Waals surface area contributed by atoms with E-state index in [1.807, 2.05) is 0 Å². The Hall–Kier alpha value is -5.46. The third-order valence-electron chi connectivity index (χ3n) is 14.7. The Balaban J connectivity index is 1.75. The Kier molecular flexibility index (Phi) is 12.4. The molecule has 0 N–H and O–H groups in total. The van der Waals surface area contributed by atoms with Gasteiger partial charge >= 0.3 is 0 Å². The lowest BCUT2D eigenvalue weighted by Crippen LogP contribution is -2.11. The topological polar surface area (TPSA) is 0 Å². The van der Waals surface area contributed by atoms with Gasteiger partial charge in [-0.05, 0) is 167 Å². The summed E-state index contributed by atoms with van der Waals surface area (Å²) in [4.78, 5) is 0. The molecule has 67 heavy (non-hydrogen) atoms. The zero-order chi connectivity index (χ0) is 48.7. The summed E-state index contributed by atoms with van der Waals surface area (Å²) in [6.07, 6.45) is 0. The van der Waals surface area contributed by atoms with Crippen LogP contribution in [-0.2, 0) is 21.7 Å². The molecular formula is C67H78. The Labute approximate surface area is 405 Å². The van der Waals surface area contributed by atoms with Crippen molar-refractivity contribution in [3.63, 3.8) is 0 Å². The molecule has 0 heteroatoms. The highest BCUT2D eigenvalue weighted by atomic mass is 14.3. The van der Waals surface area contributed by atoms with Crippen molar-refractivity contribution in [2.75, 3.05) is 0 Å². The molecule has 0 fully saturated rings. The van der Waals surface area contributed by atoms with E-state index in [9.17, 15) is 0 Å². The molecule has 0 saturated carbocycles. The van der Waals surface area contributed by atoms with Crippen LogP contribution in [0.1, 0.15) is 181 Å². The molecule has 8 aromatic rings. The molecule has 346 valence electrons. The van der Waals surface area contributed by atoms with Crippen LogP contribution in [0.2, 0.25) is 0 Å². The van der Waals surface area contributed by atoms with Gasteiger partial charge in [0.1, 0.15) is 0 Å². The second-order valence-corrected chi connectivity index (χ2v) is 24.9. The summed E-state index contributed by atoms with van der Waals surface area (Å²) in [5.41, 5.74) is 20.0. The van der Waals surface area contributed by atoms with E-state index in [2.05, 4.69) is 252 Å². The summed E-state index contributed by atoms with van der Waals surface area (Å²) in [6, 6.07) is 51.1. The maximum absolute atomic E-state index is 2.60. The largest absolute Gasteiger partial charge is 0.0587 e. The fraction of sp³-hybridized carbons (Fsp3) is 0.373. The first-order valence-electron chi connectivity index (χ1n) is 25.3. The maximum Gasteiger partial charge on any atom is -0.000139 e. The van der Waals surface area contributed by atoms with Crippen LogP contribution in [0.3, 0.4) is 0 Å². The lowest BCUT2D eigenvalue weighted by Gasteiger charge is -2.28. The highest BCUT2D eigenvalue weighted by Gasteiger charge is 2.29. The molecule has 0 unspecified atom stereocenters. The average molecular weight is 883 g/mol. The molecule has 0 spiro atoms. The summed E-state index contributed by atoms with van der Waals surface area (Å²) in [5, 5.41) is 7.88. The molecule has 0 radical (unpaired) electrons. The fourth-order valence-corrected chi connectivity index (χ4v) is 10.4. The first-order chi connectivity index (χ1) is 31.3. The third-order valence-corrected chi connectivity index (χ3v) is 14.7. The van der Waals surface area contributed by atoms with E-state index in [1.54, 1.807) is 0 Å². The summed E-state index contributed by atoms with van der Waals surface area (Å²) < 4.78 is 0. The van der Waals surface area contributed by atoms with Crippen molar-refractivity contribution in [2.24, 2.45) is 0 Å². The van der Waals surface area contributed by atoms with Gasteiger partial charge in [-0.2, -0.15) is 0 Å². The molecule has 0 amide bonds. The van der Waals surface area contributed by atoms with E-state index in [1.165, 1.54) is 116 Å². The molecule has 8 rings (SSSR count). The minimum atomic E-state index is 0.0263. The third kappa shape index (κ3) is 9.03. The molecule has 0 nitrogen and oxygen atoms in total. The smallest absolute Gasteiger partial charge is 0.000139 e. The minimum absolute atomic E-state index is 0.0263. The van der Waals surface area contributed by atoms with Crippen molar-refractivity contribution in [3.8, 4) is 44.5 Å². The van der Waals surface area contributed by atoms with Crippen molar-refractivity contribution in [3.05, 3.63) is 166 Å². The normalized spacial score (nSPS) is 13.0. The van der Waals surface area contributed by atoms with Crippen LogP contribution in [0, 0.1) is 0 Å². The summed E-state index contributed by atoms with van der Waals surface area (Å²) >= 11 is 0. The highest BCUT2D eigenvalue weighted by molar-refractivity contribution is 6.34. The Bertz CT molecular complexity index is 3100. The van der Waals surface area contributed by atoms with Crippen molar-refractivity contribution in [1.29, 1.82) is 0 Å². The van der Waals surface area contributed by atoms with E-state index in [4.69, 9.17) is 0 Å². The molecule has 0 atom stereocenters. The van der Waals surface area contributed by atoms with Crippen LogP contribution in [-0.4, -0.2) is 0 Å². The Morgan fingerprint density at radius 3 is 0.761 bits per heavy atom. The van der Waals surface area contributed by atoms with Crippen molar-refractivity contribution >= 4 is 32.3 Å². The zero-order valence-corrected chi connectivity index (χ0v) is 44.4. The van der Waals surface area contributed by atoms with E-state index in [0.29, 0.717) is 17.8 Å². The standard InChI is InChI=1S/C67H78/c1-40(2)47-27-36-52-55(37-47)59(44-21-30-49(31-22-44)65(10,11)12)63-61(46-25-34-51(35-26-46)67(16,17)18)57-39-54(42(5)6)53(41(3)4)38-56(57)60(45-23-32-50(33-24-45)66(13,14)15)62(63)58(52)43-19-28-48(29-20-43)64(7,8)9/h19-42H,1-18H3. The molecule has 0 heterocycles.